The summed E-state index contributed by atoms with van der Waals surface area (Å²) < 4.78 is 1.54. The number of nitrogens with zero attached hydrogens (tertiary/aromatic N) is 4. The van der Waals surface area contributed by atoms with E-state index in [1.165, 1.54) is 114 Å². The highest BCUT2D eigenvalue weighted by atomic mass is 32.2. The lowest BCUT2D eigenvalue weighted by Crippen LogP contribution is -2.36. The summed E-state index contributed by atoms with van der Waals surface area (Å²) in [6, 6.07) is 25.4. The summed E-state index contributed by atoms with van der Waals surface area (Å²) in [6.07, 6.45) is 25.5. The molecule has 0 aliphatic rings. The number of thioether (sulfide) groups is 1. The lowest BCUT2D eigenvalue weighted by molar-refractivity contribution is -0.123. The number of rotatable bonds is 27. The predicted molar refractivity (Wildman–Crippen MR) is 221 cm³/mol. The number of carbonyl (C=O) groups excluding carboxylic acids is 2. The second-order valence-corrected chi connectivity index (χ2v) is 15.3. The molecule has 0 bridgehead atoms. The summed E-state index contributed by atoms with van der Waals surface area (Å²) in [4.78, 5) is 27.6. The van der Waals surface area contributed by atoms with Crippen LogP contribution in [0.2, 0.25) is 0 Å². The molecule has 9 heteroatoms. The highest BCUT2D eigenvalue weighted by Crippen LogP contribution is 2.26. The van der Waals surface area contributed by atoms with Crippen molar-refractivity contribution in [3.8, 4) is 5.69 Å². The molecule has 2 amide bonds. The van der Waals surface area contributed by atoms with Crippen molar-refractivity contribution < 1.29 is 9.59 Å². The number of tetrazole rings is 1. The molecule has 0 aliphatic carbocycles. The minimum Gasteiger partial charge on any atom is -0.325 e. The molecule has 0 unspecified atom stereocenters. The van der Waals surface area contributed by atoms with E-state index in [2.05, 4.69) is 64.3 Å². The lowest BCUT2D eigenvalue weighted by atomic mass is 10.0. The van der Waals surface area contributed by atoms with Gasteiger partial charge in [-0.3, -0.25) is 9.59 Å². The van der Waals surface area contributed by atoms with Crippen LogP contribution in [-0.4, -0.2) is 37.3 Å². The molecular weight excluding hydrogens is 677 g/mol. The van der Waals surface area contributed by atoms with Crippen LogP contribution in [0.3, 0.4) is 0 Å². The molecule has 0 fully saturated rings. The molecule has 0 atom stereocenters. The predicted octanol–water partition coefficient (Wildman–Crippen LogP) is 11.5. The molecule has 0 saturated heterocycles. The van der Waals surface area contributed by atoms with E-state index in [1.807, 2.05) is 54.6 Å². The van der Waals surface area contributed by atoms with Crippen molar-refractivity contribution >= 4 is 35.0 Å². The Morgan fingerprint density at radius 3 is 1.42 bits per heavy atom. The van der Waals surface area contributed by atoms with Crippen molar-refractivity contribution in [2.24, 2.45) is 0 Å². The van der Waals surface area contributed by atoms with Crippen LogP contribution in [0.25, 0.3) is 5.69 Å². The molecule has 0 spiro atoms. The maximum atomic E-state index is 13.8. The highest BCUT2D eigenvalue weighted by Gasteiger charge is 2.31. The van der Waals surface area contributed by atoms with Gasteiger partial charge in [-0.15, -0.1) is 5.10 Å². The summed E-state index contributed by atoms with van der Waals surface area (Å²) in [5.41, 5.74) is 4.53. The van der Waals surface area contributed by atoms with E-state index in [0.29, 0.717) is 16.5 Å². The van der Waals surface area contributed by atoms with E-state index in [-0.39, 0.29) is 0 Å². The summed E-state index contributed by atoms with van der Waals surface area (Å²) in [5.74, 6) is -0.882. The molecule has 1 aromatic heterocycles. The number of hydrogen-bond acceptors (Lipinski definition) is 6. The molecule has 0 saturated carbocycles. The fourth-order valence-corrected chi connectivity index (χ4v) is 7.39. The van der Waals surface area contributed by atoms with Crippen molar-refractivity contribution in [2.75, 3.05) is 10.6 Å². The van der Waals surface area contributed by atoms with Crippen LogP contribution < -0.4 is 10.6 Å². The number of anilines is 2. The monoisotopic (exact) mass is 738 g/mol. The number of benzene rings is 3. The highest BCUT2D eigenvalue weighted by molar-refractivity contribution is 8.01. The number of amides is 2. The molecule has 1 heterocycles. The van der Waals surface area contributed by atoms with Gasteiger partial charge in [-0.25, -0.2) is 0 Å². The normalized spacial score (nSPS) is 11.2. The Balaban J connectivity index is 1.31. The van der Waals surface area contributed by atoms with Gasteiger partial charge >= 0.3 is 0 Å². The van der Waals surface area contributed by atoms with E-state index < -0.39 is 17.1 Å². The molecule has 53 heavy (non-hydrogen) atoms. The number of carbonyl (C=O) groups is 2. The fraction of sp³-hybridized carbons (Fsp3) is 0.523. The molecule has 286 valence electrons. The first kappa shape index (κ1) is 41.8. The Morgan fingerprint density at radius 1 is 0.566 bits per heavy atom. The zero-order valence-electron chi connectivity index (χ0n) is 32.2. The Morgan fingerprint density at radius 2 is 0.981 bits per heavy atom. The maximum Gasteiger partial charge on any atom is 0.247 e. The second kappa shape index (κ2) is 25.1. The van der Waals surface area contributed by atoms with E-state index in [1.54, 1.807) is 4.68 Å². The van der Waals surface area contributed by atoms with Crippen LogP contribution in [-0.2, 0) is 22.4 Å². The molecule has 4 rings (SSSR count). The van der Waals surface area contributed by atoms with Gasteiger partial charge in [0, 0.05) is 11.4 Å². The van der Waals surface area contributed by atoms with Gasteiger partial charge in [0.05, 0.1) is 5.69 Å². The van der Waals surface area contributed by atoms with Crippen LogP contribution in [0.15, 0.2) is 84.0 Å². The lowest BCUT2D eigenvalue weighted by Gasteiger charge is -2.17. The third-order valence-electron chi connectivity index (χ3n) is 9.72. The zero-order chi connectivity index (χ0) is 37.4. The van der Waals surface area contributed by atoms with Crippen LogP contribution in [0.5, 0.6) is 0 Å². The Labute approximate surface area is 322 Å². The van der Waals surface area contributed by atoms with E-state index in [4.69, 9.17) is 0 Å². The first-order chi connectivity index (χ1) is 26.1. The third-order valence-corrected chi connectivity index (χ3v) is 10.9. The topological polar surface area (TPSA) is 102 Å². The van der Waals surface area contributed by atoms with E-state index in [9.17, 15) is 9.59 Å². The van der Waals surface area contributed by atoms with Crippen molar-refractivity contribution in [2.45, 2.75) is 153 Å². The van der Waals surface area contributed by atoms with Crippen LogP contribution in [0.4, 0.5) is 11.4 Å². The van der Waals surface area contributed by atoms with Crippen molar-refractivity contribution in [3.05, 3.63) is 90.0 Å². The van der Waals surface area contributed by atoms with Gasteiger partial charge in [0.25, 0.3) is 0 Å². The van der Waals surface area contributed by atoms with Crippen LogP contribution in [0, 0.1) is 0 Å². The van der Waals surface area contributed by atoms with Gasteiger partial charge in [0.15, 0.2) is 5.25 Å². The van der Waals surface area contributed by atoms with Crippen molar-refractivity contribution in [1.82, 2.24) is 20.2 Å². The SMILES string of the molecule is CCCCCCCCCCCc1ccc(NC(=O)C(Sc2nnnn2-c2ccccc2)C(=O)Nc2ccc(CCCCCCCCCCC)cc2)cc1. The maximum absolute atomic E-state index is 13.8. The van der Waals surface area contributed by atoms with Crippen molar-refractivity contribution in [1.29, 1.82) is 0 Å². The molecule has 3 aromatic carbocycles. The Bertz CT molecular complexity index is 1500. The average molecular weight is 739 g/mol. The fourth-order valence-electron chi connectivity index (χ4n) is 6.52. The first-order valence-corrected chi connectivity index (χ1v) is 21.3. The molecule has 2 N–H and O–H groups in total. The van der Waals surface area contributed by atoms with Gasteiger partial charge in [0.1, 0.15) is 0 Å². The van der Waals surface area contributed by atoms with Crippen LogP contribution in [0.1, 0.15) is 141 Å². The van der Waals surface area contributed by atoms with Gasteiger partial charge in [-0.1, -0.05) is 171 Å². The van der Waals surface area contributed by atoms with Gasteiger partial charge < -0.3 is 10.6 Å². The second-order valence-electron chi connectivity index (χ2n) is 14.2. The summed E-state index contributed by atoms with van der Waals surface area (Å²) >= 11 is 1.03. The number of aryl methyl sites for hydroxylation is 2. The third kappa shape index (κ3) is 15.9. The summed E-state index contributed by atoms with van der Waals surface area (Å²) in [5, 5.41) is 17.3. The quantitative estimate of drug-likeness (QED) is 0.0359. The van der Waals surface area contributed by atoms with Gasteiger partial charge in [0.2, 0.25) is 17.0 Å². The Kier molecular flexibility index (Phi) is 19.8. The molecular formula is C44H62N6O2S. The molecule has 0 aliphatic heterocycles. The number of para-hydroxylation sites is 1. The first-order valence-electron chi connectivity index (χ1n) is 20.4. The number of hydrogen-bond donors (Lipinski definition) is 2. The van der Waals surface area contributed by atoms with E-state index >= 15 is 0 Å². The summed E-state index contributed by atoms with van der Waals surface area (Å²) in [6.45, 7) is 4.52. The molecule has 4 aromatic rings. The molecule has 0 radical (unpaired) electrons. The number of nitrogens with one attached hydrogen (secondary N) is 2. The van der Waals surface area contributed by atoms with E-state index in [0.717, 1.165) is 43.1 Å². The smallest absolute Gasteiger partial charge is 0.247 e. The minimum atomic E-state index is -1.15. The number of unbranched alkanes of at least 4 members (excludes halogenated alkanes) is 16. The average Bonchev–Trinajstić information content (AvgIpc) is 3.65. The largest absolute Gasteiger partial charge is 0.325 e. The Hall–Kier alpha value is -3.98. The zero-order valence-corrected chi connectivity index (χ0v) is 33.1. The molecule has 8 nitrogen and oxygen atoms in total. The van der Waals surface area contributed by atoms with Crippen LogP contribution >= 0.6 is 11.8 Å². The van der Waals surface area contributed by atoms with Gasteiger partial charge in [-0.2, -0.15) is 4.68 Å². The minimum absolute atomic E-state index is 0.346. The van der Waals surface area contributed by atoms with Crippen molar-refractivity contribution in [3.63, 3.8) is 0 Å². The standard InChI is InChI=1S/C44H62N6O2S/c1-3-5-7-9-11-13-15-17-20-24-36-28-32-38(33-29-36)45-42(51)41(53-44-47-48-49-50(44)40-26-22-19-23-27-40)43(52)46-39-34-30-37(31-35-39)25-21-18-16-14-12-10-8-6-4-2/h19,22-23,26-35,41H,3-18,20-21,24-25H2,1-2H3,(H,45,51)(H,46,52). The summed E-state index contributed by atoms with van der Waals surface area (Å²) in [7, 11) is 0. The number of aromatic nitrogens is 4. The van der Waals surface area contributed by atoms with Gasteiger partial charge in [-0.05, 0) is 83.6 Å².